The van der Waals surface area contributed by atoms with Gasteiger partial charge in [-0.2, -0.15) is 0 Å². The Morgan fingerprint density at radius 2 is 2.05 bits per heavy atom. The fourth-order valence-corrected chi connectivity index (χ4v) is 1.87. The summed E-state index contributed by atoms with van der Waals surface area (Å²) < 4.78 is 24.1. The van der Waals surface area contributed by atoms with Crippen molar-refractivity contribution in [1.29, 1.82) is 0 Å². The van der Waals surface area contributed by atoms with E-state index in [2.05, 4.69) is 4.98 Å². The highest BCUT2D eigenvalue weighted by Crippen LogP contribution is 2.27. The number of aromatic nitrogens is 1. The molecule has 2 aromatic carbocycles. The minimum absolute atomic E-state index is 0.114. The van der Waals surface area contributed by atoms with Crippen LogP contribution in [-0.4, -0.2) is 11.0 Å². The van der Waals surface area contributed by atoms with Gasteiger partial charge in [-0.15, -0.1) is 0 Å². The molecule has 3 rings (SSSR count). The van der Waals surface area contributed by atoms with Gasteiger partial charge in [-0.1, -0.05) is 12.1 Å². The van der Waals surface area contributed by atoms with Crippen molar-refractivity contribution in [2.45, 2.75) is 6.92 Å². The average Bonchev–Trinajstić information content (AvgIpc) is 2.84. The summed E-state index contributed by atoms with van der Waals surface area (Å²) in [6.07, 6.45) is 0. The van der Waals surface area contributed by atoms with E-state index in [0.717, 1.165) is 0 Å². The Morgan fingerprint density at radius 1 is 1.25 bits per heavy atom. The van der Waals surface area contributed by atoms with Crippen LogP contribution < -0.4 is 4.74 Å². The number of halogens is 1. The molecule has 0 aliphatic rings. The van der Waals surface area contributed by atoms with E-state index in [1.54, 1.807) is 12.1 Å². The number of hydrogen-bond donors (Lipinski definition) is 0. The van der Waals surface area contributed by atoms with Gasteiger partial charge in [0.2, 0.25) is 5.89 Å². The summed E-state index contributed by atoms with van der Waals surface area (Å²) in [5, 5.41) is 0. The molecule has 0 spiro atoms. The number of carbonyl (C=O) groups excluding carboxylic acids is 1. The van der Waals surface area contributed by atoms with Crippen molar-refractivity contribution in [3.8, 4) is 17.2 Å². The molecular formula is C15H10FNO3. The predicted molar refractivity (Wildman–Crippen MR) is 70.7 cm³/mol. The molecule has 0 unspecified atom stereocenters. The summed E-state index contributed by atoms with van der Waals surface area (Å²) in [5.41, 5.74) is 1.81. The SMILES string of the molecule is CC(=O)Oc1ccc(-c2nc3ccccc3o2)cc1F. The molecule has 1 aromatic heterocycles. The van der Waals surface area contributed by atoms with Crippen molar-refractivity contribution < 1.29 is 18.3 Å². The molecule has 0 bridgehead atoms. The molecule has 5 heteroatoms. The molecule has 0 saturated carbocycles. The molecule has 1 heterocycles. The first-order valence-electron chi connectivity index (χ1n) is 5.97. The molecule has 100 valence electrons. The first-order chi connectivity index (χ1) is 9.63. The second kappa shape index (κ2) is 4.77. The molecule has 0 N–H and O–H groups in total. The summed E-state index contributed by atoms with van der Waals surface area (Å²) in [4.78, 5) is 15.1. The molecule has 0 atom stereocenters. The van der Waals surface area contributed by atoms with Gasteiger partial charge in [0, 0.05) is 12.5 Å². The monoisotopic (exact) mass is 271 g/mol. The lowest BCUT2D eigenvalue weighted by Gasteiger charge is -2.03. The fourth-order valence-electron chi connectivity index (χ4n) is 1.87. The summed E-state index contributed by atoms with van der Waals surface area (Å²) in [6.45, 7) is 1.22. The van der Waals surface area contributed by atoms with E-state index in [1.807, 2.05) is 18.2 Å². The van der Waals surface area contributed by atoms with Crippen LogP contribution in [0.1, 0.15) is 6.92 Å². The summed E-state index contributed by atoms with van der Waals surface area (Å²) >= 11 is 0. The number of oxazole rings is 1. The van der Waals surface area contributed by atoms with Gasteiger partial charge in [0.05, 0.1) is 0 Å². The maximum absolute atomic E-state index is 13.8. The minimum Gasteiger partial charge on any atom is -0.436 e. The van der Waals surface area contributed by atoms with Gasteiger partial charge in [0.15, 0.2) is 17.1 Å². The second-order valence-corrected chi connectivity index (χ2v) is 4.23. The number of hydrogen-bond acceptors (Lipinski definition) is 4. The van der Waals surface area contributed by atoms with Crippen molar-refractivity contribution in [2.75, 3.05) is 0 Å². The van der Waals surface area contributed by atoms with Crippen molar-refractivity contribution >= 4 is 17.1 Å². The van der Waals surface area contributed by atoms with Crippen LogP contribution in [0.2, 0.25) is 0 Å². The molecule has 0 saturated heterocycles. The third-order valence-corrected chi connectivity index (χ3v) is 2.73. The number of ether oxygens (including phenoxy) is 1. The van der Waals surface area contributed by atoms with E-state index >= 15 is 0 Å². The highest BCUT2D eigenvalue weighted by molar-refractivity contribution is 5.76. The van der Waals surface area contributed by atoms with Crippen LogP contribution in [0.4, 0.5) is 4.39 Å². The normalized spacial score (nSPS) is 10.7. The highest BCUT2D eigenvalue weighted by Gasteiger charge is 2.12. The van der Waals surface area contributed by atoms with Gasteiger partial charge in [-0.05, 0) is 30.3 Å². The number of nitrogens with zero attached hydrogens (tertiary/aromatic N) is 1. The van der Waals surface area contributed by atoms with Crippen LogP contribution in [-0.2, 0) is 4.79 Å². The maximum atomic E-state index is 13.8. The Balaban J connectivity index is 2.01. The largest absolute Gasteiger partial charge is 0.436 e. The van der Waals surface area contributed by atoms with Crippen molar-refractivity contribution in [3.63, 3.8) is 0 Å². The van der Waals surface area contributed by atoms with Gasteiger partial charge in [0.25, 0.3) is 0 Å². The Morgan fingerprint density at radius 3 is 2.75 bits per heavy atom. The Labute approximate surface area is 113 Å². The van der Waals surface area contributed by atoms with Crippen LogP contribution in [0, 0.1) is 5.82 Å². The molecule has 0 radical (unpaired) electrons. The summed E-state index contributed by atoms with van der Waals surface area (Å²) in [7, 11) is 0. The fraction of sp³-hybridized carbons (Fsp3) is 0.0667. The van der Waals surface area contributed by atoms with E-state index < -0.39 is 11.8 Å². The van der Waals surface area contributed by atoms with Gasteiger partial charge in [-0.25, -0.2) is 9.37 Å². The predicted octanol–water partition coefficient (Wildman–Crippen LogP) is 3.56. The zero-order valence-electron chi connectivity index (χ0n) is 10.6. The van der Waals surface area contributed by atoms with Crippen LogP contribution in [0.5, 0.6) is 5.75 Å². The van der Waals surface area contributed by atoms with Crippen LogP contribution >= 0.6 is 0 Å². The third kappa shape index (κ3) is 2.25. The lowest BCUT2D eigenvalue weighted by molar-refractivity contribution is -0.132. The number of rotatable bonds is 2. The standard InChI is InChI=1S/C15H10FNO3/c1-9(18)19-13-7-6-10(8-11(13)16)15-17-12-4-2-3-5-14(12)20-15/h2-8H,1H3. The lowest BCUT2D eigenvalue weighted by atomic mass is 10.2. The number of benzene rings is 2. The third-order valence-electron chi connectivity index (χ3n) is 2.73. The Bertz CT molecular complexity index is 762. The van der Waals surface area contributed by atoms with E-state index in [-0.39, 0.29) is 5.75 Å². The van der Waals surface area contributed by atoms with E-state index in [0.29, 0.717) is 22.6 Å². The zero-order chi connectivity index (χ0) is 14.1. The quantitative estimate of drug-likeness (QED) is 0.528. The molecule has 20 heavy (non-hydrogen) atoms. The molecule has 0 amide bonds. The zero-order valence-corrected chi connectivity index (χ0v) is 10.6. The highest BCUT2D eigenvalue weighted by atomic mass is 19.1. The molecule has 4 nitrogen and oxygen atoms in total. The first-order valence-corrected chi connectivity index (χ1v) is 5.97. The van der Waals surface area contributed by atoms with Gasteiger partial charge in [0.1, 0.15) is 5.52 Å². The van der Waals surface area contributed by atoms with E-state index in [4.69, 9.17) is 9.15 Å². The average molecular weight is 271 g/mol. The molecule has 3 aromatic rings. The van der Waals surface area contributed by atoms with Crippen LogP contribution in [0.15, 0.2) is 46.9 Å². The first kappa shape index (κ1) is 12.3. The van der Waals surface area contributed by atoms with Crippen LogP contribution in [0.25, 0.3) is 22.6 Å². The van der Waals surface area contributed by atoms with Crippen molar-refractivity contribution in [1.82, 2.24) is 4.98 Å². The number of esters is 1. The maximum Gasteiger partial charge on any atom is 0.308 e. The van der Waals surface area contributed by atoms with Crippen LogP contribution in [0.3, 0.4) is 0 Å². The molecular weight excluding hydrogens is 261 g/mol. The van der Waals surface area contributed by atoms with E-state index in [1.165, 1.54) is 19.1 Å². The number of fused-ring (bicyclic) bond motifs is 1. The topological polar surface area (TPSA) is 52.3 Å². The molecule has 0 aliphatic heterocycles. The van der Waals surface area contributed by atoms with Gasteiger partial charge < -0.3 is 9.15 Å². The number of carbonyl (C=O) groups is 1. The molecule has 0 fully saturated rings. The summed E-state index contributed by atoms with van der Waals surface area (Å²) in [6, 6.07) is 11.5. The van der Waals surface area contributed by atoms with Gasteiger partial charge >= 0.3 is 5.97 Å². The summed E-state index contributed by atoms with van der Waals surface area (Å²) in [5.74, 6) is -1.00. The number of para-hydroxylation sites is 2. The lowest BCUT2D eigenvalue weighted by Crippen LogP contribution is -2.03. The van der Waals surface area contributed by atoms with E-state index in [9.17, 15) is 9.18 Å². The minimum atomic E-state index is -0.639. The smallest absolute Gasteiger partial charge is 0.308 e. The van der Waals surface area contributed by atoms with Crippen molar-refractivity contribution in [2.24, 2.45) is 0 Å². The second-order valence-electron chi connectivity index (χ2n) is 4.23. The molecule has 0 aliphatic carbocycles. The Kier molecular flexibility index (Phi) is 2.95. The Hall–Kier alpha value is -2.69. The van der Waals surface area contributed by atoms with Gasteiger partial charge in [-0.3, -0.25) is 4.79 Å². The van der Waals surface area contributed by atoms with Crippen molar-refractivity contribution in [3.05, 3.63) is 48.3 Å².